The Bertz CT molecular complexity index is 894. The van der Waals surface area contributed by atoms with Crippen molar-refractivity contribution >= 4 is 17.2 Å². The van der Waals surface area contributed by atoms with E-state index in [2.05, 4.69) is 29.5 Å². The smallest absolute Gasteiger partial charge is 0.224 e. The fraction of sp³-hybridized carbons (Fsp3) is 0.263. The van der Waals surface area contributed by atoms with E-state index in [1.165, 1.54) is 11.3 Å². The number of primary amides is 1. The highest BCUT2D eigenvalue weighted by Crippen LogP contribution is 2.30. The van der Waals surface area contributed by atoms with E-state index in [1.54, 1.807) is 0 Å². The summed E-state index contributed by atoms with van der Waals surface area (Å²) in [4.78, 5) is 15.6. The first kappa shape index (κ1) is 17.2. The van der Waals surface area contributed by atoms with Crippen LogP contribution >= 0.6 is 11.3 Å². The van der Waals surface area contributed by atoms with Crippen molar-refractivity contribution in [3.63, 3.8) is 0 Å². The lowest BCUT2D eigenvalue weighted by Gasteiger charge is -2.11. The largest absolute Gasteiger partial charge is 0.494 e. The lowest BCUT2D eigenvalue weighted by atomic mass is 10.2. The van der Waals surface area contributed by atoms with Crippen molar-refractivity contribution in [3.8, 4) is 22.7 Å². The van der Waals surface area contributed by atoms with Gasteiger partial charge in [0.05, 0.1) is 18.7 Å². The molecule has 0 bridgehead atoms. The van der Waals surface area contributed by atoms with Crippen molar-refractivity contribution in [2.75, 3.05) is 6.61 Å². The summed E-state index contributed by atoms with van der Waals surface area (Å²) in [6.07, 6.45) is 0.183. The fourth-order valence-electron chi connectivity index (χ4n) is 2.94. The minimum Gasteiger partial charge on any atom is -0.494 e. The Morgan fingerprint density at radius 3 is 2.64 bits per heavy atom. The molecule has 5 nitrogen and oxygen atoms in total. The van der Waals surface area contributed by atoms with Gasteiger partial charge in [-0.2, -0.15) is 0 Å². The number of aryl methyl sites for hydroxylation is 1. The molecule has 0 saturated heterocycles. The highest BCUT2D eigenvalue weighted by molar-refractivity contribution is 7.10. The number of nitrogens with zero attached hydrogens (tertiary/aromatic N) is 2. The number of aromatic nitrogens is 2. The van der Waals surface area contributed by atoms with Gasteiger partial charge in [-0.3, -0.25) is 4.79 Å². The summed E-state index contributed by atoms with van der Waals surface area (Å²) >= 11 is 1.46. The topological polar surface area (TPSA) is 70.1 Å². The molecule has 3 aromatic rings. The Kier molecular flexibility index (Phi) is 4.90. The van der Waals surface area contributed by atoms with Crippen LogP contribution in [0.5, 0.6) is 5.75 Å². The van der Waals surface area contributed by atoms with Crippen LogP contribution in [-0.2, 0) is 11.2 Å². The van der Waals surface area contributed by atoms with Crippen molar-refractivity contribution in [3.05, 3.63) is 52.1 Å². The summed E-state index contributed by atoms with van der Waals surface area (Å²) in [6, 6.07) is 10.2. The molecule has 1 amide bonds. The Hall–Kier alpha value is -2.60. The normalized spacial score (nSPS) is 10.8. The molecule has 0 aliphatic rings. The molecular weight excluding hydrogens is 334 g/mol. The number of carbonyl (C=O) groups excluding carboxylic acids is 1. The molecule has 0 aliphatic heterocycles. The predicted octanol–water partition coefficient (Wildman–Crippen LogP) is 3.64. The van der Waals surface area contributed by atoms with Gasteiger partial charge in [-0.15, -0.1) is 11.3 Å². The molecule has 0 radical (unpaired) electrons. The van der Waals surface area contributed by atoms with Crippen molar-refractivity contribution in [2.45, 2.75) is 27.2 Å². The van der Waals surface area contributed by atoms with Gasteiger partial charge in [0.2, 0.25) is 5.91 Å². The number of nitrogens with two attached hydrogens (primary N) is 1. The summed E-state index contributed by atoms with van der Waals surface area (Å²) in [5, 5.41) is 2.72. The van der Waals surface area contributed by atoms with Crippen LogP contribution in [0.3, 0.4) is 0 Å². The third-order valence-corrected chi connectivity index (χ3v) is 4.84. The number of hydrogen-bond acceptors (Lipinski definition) is 4. The quantitative estimate of drug-likeness (QED) is 0.734. The van der Waals surface area contributed by atoms with Gasteiger partial charge in [0.1, 0.15) is 10.8 Å². The van der Waals surface area contributed by atoms with E-state index in [-0.39, 0.29) is 12.3 Å². The van der Waals surface area contributed by atoms with E-state index in [0.717, 1.165) is 39.1 Å². The Labute approximate surface area is 151 Å². The van der Waals surface area contributed by atoms with Crippen LogP contribution in [-0.4, -0.2) is 22.1 Å². The monoisotopic (exact) mass is 355 g/mol. The van der Waals surface area contributed by atoms with E-state index in [9.17, 15) is 4.79 Å². The Morgan fingerprint density at radius 2 is 2.00 bits per heavy atom. The van der Waals surface area contributed by atoms with Crippen LogP contribution in [0.15, 0.2) is 35.7 Å². The predicted molar refractivity (Wildman–Crippen MR) is 100 cm³/mol. The van der Waals surface area contributed by atoms with E-state index in [0.29, 0.717) is 6.61 Å². The minimum absolute atomic E-state index is 0.183. The number of amides is 1. The van der Waals surface area contributed by atoms with E-state index in [4.69, 9.17) is 10.5 Å². The molecule has 2 N–H and O–H groups in total. The second-order valence-corrected chi connectivity index (χ2v) is 6.76. The molecule has 2 heterocycles. The Balaban J connectivity index is 1.95. The number of thiazole rings is 1. The maximum Gasteiger partial charge on any atom is 0.224 e. The lowest BCUT2D eigenvalue weighted by Crippen LogP contribution is -2.13. The average molecular weight is 355 g/mol. The summed E-state index contributed by atoms with van der Waals surface area (Å²) in [5.41, 5.74) is 10.5. The van der Waals surface area contributed by atoms with Crippen LogP contribution in [0, 0.1) is 13.8 Å². The molecule has 6 heteroatoms. The zero-order valence-electron chi connectivity index (χ0n) is 14.6. The first-order valence-corrected chi connectivity index (χ1v) is 9.02. The van der Waals surface area contributed by atoms with Crippen LogP contribution in [0.4, 0.5) is 0 Å². The second kappa shape index (κ2) is 7.11. The van der Waals surface area contributed by atoms with Gasteiger partial charge in [0.25, 0.3) is 0 Å². The van der Waals surface area contributed by atoms with Gasteiger partial charge in [-0.25, -0.2) is 4.98 Å². The Morgan fingerprint density at radius 1 is 1.28 bits per heavy atom. The van der Waals surface area contributed by atoms with E-state index in [1.807, 2.05) is 36.6 Å². The molecule has 0 fully saturated rings. The molecule has 1 aromatic carbocycles. The minimum atomic E-state index is -0.360. The first-order chi connectivity index (χ1) is 12.0. The lowest BCUT2D eigenvalue weighted by molar-refractivity contribution is -0.117. The summed E-state index contributed by atoms with van der Waals surface area (Å²) in [5.74, 6) is 0.505. The molecule has 25 heavy (non-hydrogen) atoms. The van der Waals surface area contributed by atoms with Gasteiger partial charge in [0, 0.05) is 28.0 Å². The molecule has 0 unspecified atom stereocenters. The van der Waals surface area contributed by atoms with E-state index >= 15 is 0 Å². The van der Waals surface area contributed by atoms with Gasteiger partial charge in [-0.1, -0.05) is 0 Å². The maximum absolute atomic E-state index is 11.1. The van der Waals surface area contributed by atoms with Gasteiger partial charge in [-0.05, 0) is 51.1 Å². The SMILES string of the molecule is CCOc1ccc(-n2c(C)cc(-c3csc(CC(N)=O)n3)c2C)cc1. The number of rotatable bonds is 6. The van der Waals surface area contributed by atoms with Crippen molar-refractivity contribution in [2.24, 2.45) is 5.73 Å². The molecule has 0 spiro atoms. The molecule has 3 rings (SSSR count). The standard InChI is InChI=1S/C19H21N3O2S/c1-4-24-15-7-5-14(6-8-15)22-12(2)9-16(13(22)3)17-11-25-19(21-17)10-18(20)23/h5-9,11H,4,10H2,1-3H3,(H2,20,23). The number of benzene rings is 1. The first-order valence-electron chi connectivity index (χ1n) is 8.15. The summed E-state index contributed by atoms with van der Waals surface area (Å²) < 4.78 is 7.70. The molecule has 2 aromatic heterocycles. The van der Waals surface area contributed by atoms with Crippen LogP contribution in [0.1, 0.15) is 23.3 Å². The van der Waals surface area contributed by atoms with Crippen molar-refractivity contribution in [1.82, 2.24) is 9.55 Å². The van der Waals surface area contributed by atoms with Crippen LogP contribution in [0.25, 0.3) is 16.9 Å². The third kappa shape index (κ3) is 3.58. The highest BCUT2D eigenvalue weighted by atomic mass is 32.1. The fourth-order valence-corrected chi connectivity index (χ4v) is 3.75. The van der Waals surface area contributed by atoms with Crippen molar-refractivity contribution in [1.29, 1.82) is 0 Å². The number of carbonyl (C=O) groups is 1. The molecule has 0 atom stereocenters. The zero-order valence-corrected chi connectivity index (χ0v) is 15.4. The summed E-state index contributed by atoms with van der Waals surface area (Å²) in [6.45, 7) is 6.78. The summed E-state index contributed by atoms with van der Waals surface area (Å²) in [7, 11) is 0. The number of hydrogen-bond donors (Lipinski definition) is 1. The van der Waals surface area contributed by atoms with Gasteiger partial charge < -0.3 is 15.0 Å². The molecule has 0 aliphatic carbocycles. The zero-order chi connectivity index (χ0) is 18.0. The average Bonchev–Trinajstić information content (AvgIpc) is 3.13. The number of ether oxygens (including phenoxy) is 1. The van der Waals surface area contributed by atoms with Gasteiger partial charge in [0.15, 0.2) is 0 Å². The molecular formula is C19H21N3O2S. The van der Waals surface area contributed by atoms with Gasteiger partial charge >= 0.3 is 0 Å². The van der Waals surface area contributed by atoms with Crippen LogP contribution in [0.2, 0.25) is 0 Å². The van der Waals surface area contributed by atoms with E-state index < -0.39 is 0 Å². The third-order valence-electron chi connectivity index (χ3n) is 3.99. The molecule has 130 valence electrons. The highest BCUT2D eigenvalue weighted by Gasteiger charge is 2.15. The maximum atomic E-state index is 11.1. The second-order valence-electron chi connectivity index (χ2n) is 5.82. The van der Waals surface area contributed by atoms with Crippen molar-refractivity contribution < 1.29 is 9.53 Å². The molecule has 0 saturated carbocycles. The van der Waals surface area contributed by atoms with Crippen LogP contribution < -0.4 is 10.5 Å².